The Morgan fingerprint density at radius 2 is 2.08 bits per heavy atom. The number of nitrogens with zero attached hydrogens (tertiary/aromatic N) is 3. The van der Waals surface area contributed by atoms with Crippen molar-refractivity contribution in [3.8, 4) is 0 Å². The quantitative estimate of drug-likeness (QED) is 0.480. The van der Waals surface area contributed by atoms with Crippen LogP contribution in [0, 0.1) is 0 Å². The second-order valence-corrected chi connectivity index (χ2v) is 6.66. The summed E-state index contributed by atoms with van der Waals surface area (Å²) in [6, 6.07) is 10.1. The summed E-state index contributed by atoms with van der Waals surface area (Å²) >= 11 is 1.72. The Bertz CT molecular complexity index is 761. The van der Waals surface area contributed by atoms with E-state index in [1.54, 1.807) is 17.6 Å². The van der Waals surface area contributed by atoms with E-state index in [1.807, 2.05) is 36.1 Å². The Balaban J connectivity index is 1.51. The summed E-state index contributed by atoms with van der Waals surface area (Å²) in [4.78, 5) is 5.93. The van der Waals surface area contributed by atoms with Crippen molar-refractivity contribution in [2.45, 2.75) is 19.4 Å². The summed E-state index contributed by atoms with van der Waals surface area (Å²) in [5, 5.41) is 13.0. The Morgan fingerprint density at radius 3 is 2.76 bits per heavy atom. The number of guanidine groups is 1. The molecule has 7 heteroatoms. The van der Waals surface area contributed by atoms with E-state index in [4.69, 9.17) is 4.42 Å². The summed E-state index contributed by atoms with van der Waals surface area (Å²) in [7, 11) is 1.96. The van der Waals surface area contributed by atoms with E-state index in [0.29, 0.717) is 6.54 Å². The molecule has 0 saturated heterocycles. The van der Waals surface area contributed by atoms with Crippen molar-refractivity contribution < 1.29 is 4.42 Å². The number of thiophene rings is 1. The van der Waals surface area contributed by atoms with Crippen molar-refractivity contribution in [1.82, 2.24) is 20.4 Å². The zero-order chi connectivity index (χ0) is 17.3. The predicted molar refractivity (Wildman–Crippen MR) is 101 cm³/mol. The van der Waals surface area contributed by atoms with Gasteiger partial charge < -0.3 is 15.1 Å². The highest BCUT2D eigenvalue weighted by atomic mass is 32.1. The molecule has 6 nitrogen and oxygen atoms in total. The maximum absolute atomic E-state index is 5.37. The first-order chi connectivity index (χ1) is 12.3. The fourth-order valence-corrected chi connectivity index (χ4v) is 3.08. The lowest BCUT2D eigenvalue weighted by atomic mass is 10.3. The maximum atomic E-state index is 5.37. The number of nitrogens with one attached hydrogen (secondary N) is 2. The van der Waals surface area contributed by atoms with E-state index < -0.39 is 0 Å². The number of hydrogen-bond donors (Lipinski definition) is 2. The normalized spacial score (nSPS) is 11.6. The molecule has 0 aliphatic rings. The molecule has 25 heavy (non-hydrogen) atoms. The minimum Gasteiger partial charge on any atom is -0.469 e. The van der Waals surface area contributed by atoms with E-state index >= 15 is 0 Å². The highest BCUT2D eigenvalue weighted by Gasteiger charge is 2.03. The van der Waals surface area contributed by atoms with Crippen LogP contribution in [0.15, 0.2) is 57.6 Å². The minimum absolute atomic E-state index is 0.680. The molecular formula is C18H23N5OS. The number of hydrogen-bond acceptors (Lipinski definition) is 4. The van der Waals surface area contributed by atoms with Crippen molar-refractivity contribution in [2.75, 3.05) is 13.1 Å². The van der Waals surface area contributed by atoms with Crippen molar-refractivity contribution in [3.05, 3.63) is 64.5 Å². The highest BCUT2D eigenvalue weighted by Crippen LogP contribution is 2.09. The lowest BCUT2D eigenvalue weighted by molar-refractivity contribution is 0.506. The number of aryl methyl sites for hydroxylation is 1. The first-order valence-electron chi connectivity index (χ1n) is 8.35. The van der Waals surface area contributed by atoms with Gasteiger partial charge in [0.25, 0.3) is 0 Å². The number of aromatic nitrogens is 2. The van der Waals surface area contributed by atoms with E-state index in [9.17, 15) is 0 Å². The molecule has 0 saturated carbocycles. The van der Waals surface area contributed by atoms with Crippen LogP contribution < -0.4 is 10.6 Å². The molecule has 0 fully saturated rings. The van der Waals surface area contributed by atoms with Gasteiger partial charge in [0.05, 0.1) is 12.8 Å². The third kappa shape index (κ3) is 5.49. The summed E-state index contributed by atoms with van der Waals surface area (Å²) in [6.45, 7) is 2.26. The Kier molecular flexibility index (Phi) is 6.28. The van der Waals surface area contributed by atoms with Gasteiger partial charge in [-0.1, -0.05) is 6.07 Å². The van der Waals surface area contributed by atoms with Crippen LogP contribution in [0.3, 0.4) is 0 Å². The monoisotopic (exact) mass is 357 g/mol. The highest BCUT2D eigenvalue weighted by molar-refractivity contribution is 7.09. The average Bonchev–Trinajstić information content (AvgIpc) is 3.36. The summed E-state index contributed by atoms with van der Waals surface area (Å²) < 4.78 is 7.27. The van der Waals surface area contributed by atoms with Gasteiger partial charge in [0.15, 0.2) is 5.96 Å². The molecule has 3 rings (SSSR count). The topological polar surface area (TPSA) is 67.4 Å². The molecule has 0 aromatic carbocycles. The van der Waals surface area contributed by atoms with E-state index in [1.165, 1.54) is 10.6 Å². The Hall–Kier alpha value is -2.54. The second-order valence-electron chi connectivity index (χ2n) is 5.62. The van der Waals surface area contributed by atoms with E-state index in [2.05, 4.69) is 38.2 Å². The SMILES string of the molecule is Cn1nccc1CCNC(=NCc1cccs1)NCCc1ccco1. The van der Waals surface area contributed by atoms with Gasteiger partial charge in [-0.25, -0.2) is 4.99 Å². The van der Waals surface area contributed by atoms with Crippen LogP contribution in [-0.4, -0.2) is 28.8 Å². The van der Waals surface area contributed by atoms with Crippen molar-refractivity contribution in [1.29, 1.82) is 0 Å². The first-order valence-corrected chi connectivity index (χ1v) is 9.23. The molecule has 0 amide bonds. The van der Waals surface area contributed by atoms with Crippen molar-refractivity contribution in [2.24, 2.45) is 12.0 Å². The van der Waals surface area contributed by atoms with Crippen LogP contribution in [0.25, 0.3) is 0 Å². The molecule has 3 heterocycles. The van der Waals surface area contributed by atoms with Gasteiger partial charge in [0.2, 0.25) is 0 Å². The van der Waals surface area contributed by atoms with Gasteiger partial charge in [-0.15, -0.1) is 11.3 Å². The van der Waals surface area contributed by atoms with Crippen LogP contribution >= 0.6 is 11.3 Å². The fourth-order valence-electron chi connectivity index (χ4n) is 2.45. The number of furan rings is 1. The third-order valence-corrected chi connectivity index (χ3v) is 4.67. The van der Waals surface area contributed by atoms with Crippen LogP contribution in [0.4, 0.5) is 0 Å². The van der Waals surface area contributed by atoms with E-state index in [0.717, 1.165) is 37.7 Å². The van der Waals surface area contributed by atoms with Crippen LogP contribution in [-0.2, 0) is 26.4 Å². The molecule has 0 radical (unpaired) electrons. The molecule has 0 spiro atoms. The van der Waals surface area contributed by atoms with Crippen molar-refractivity contribution >= 4 is 17.3 Å². The molecule has 0 bridgehead atoms. The fraction of sp³-hybridized carbons (Fsp3) is 0.333. The average molecular weight is 357 g/mol. The van der Waals surface area contributed by atoms with Gasteiger partial charge in [-0.2, -0.15) is 5.10 Å². The Labute approximate surface area is 151 Å². The summed E-state index contributed by atoms with van der Waals surface area (Å²) in [5.41, 5.74) is 1.20. The number of aliphatic imine (C=N–C) groups is 1. The predicted octanol–water partition coefficient (Wildman–Crippen LogP) is 2.60. The molecule has 2 N–H and O–H groups in total. The van der Waals surface area contributed by atoms with Gasteiger partial charge in [0.1, 0.15) is 5.76 Å². The van der Waals surface area contributed by atoms with Gasteiger partial charge in [0, 0.05) is 49.7 Å². The molecule has 0 unspecified atom stereocenters. The van der Waals surface area contributed by atoms with Gasteiger partial charge in [-0.05, 0) is 29.6 Å². The molecule has 0 aliphatic carbocycles. The molecule has 3 aromatic heterocycles. The zero-order valence-corrected chi connectivity index (χ0v) is 15.1. The molecular weight excluding hydrogens is 334 g/mol. The first kappa shape index (κ1) is 17.3. The van der Waals surface area contributed by atoms with Crippen LogP contribution in [0.5, 0.6) is 0 Å². The zero-order valence-electron chi connectivity index (χ0n) is 14.3. The number of rotatable bonds is 8. The van der Waals surface area contributed by atoms with Crippen LogP contribution in [0.1, 0.15) is 16.3 Å². The van der Waals surface area contributed by atoms with Crippen LogP contribution in [0.2, 0.25) is 0 Å². The summed E-state index contributed by atoms with van der Waals surface area (Å²) in [6.07, 6.45) is 5.25. The minimum atomic E-state index is 0.680. The molecule has 0 atom stereocenters. The smallest absolute Gasteiger partial charge is 0.191 e. The molecule has 132 valence electrons. The van der Waals surface area contributed by atoms with E-state index in [-0.39, 0.29) is 0 Å². The standard InChI is InChI=1S/C18H23N5OS/c1-23-15(7-11-22-23)6-9-19-18(21-14-17-5-3-13-25-17)20-10-8-16-4-2-12-24-16/h2-5,7,11-13H,6,8-10,14H2,1H3,(H2,19,20,21). The van der Waals surface area contributed by atoms with Gasteiger partial charge in [-0.3, -0.25) is 4.68 Å². The van der Waals surface area contributed by atoms with Crippen molar-refractivity contribution in [3.63, 3.8) is 0 Å². The molecule has 3 aromatic rings. The second kappa shape index (κ2) is 9.08. The Morgan fingerprint density at radius 1 is 1.20 bits per heavy atom. The van der Waals surface area contributed by atoms with Gasteiger partial charge >= 0.3 is 0 Å². The molecule has 0 aliphatic heterocycles. The lowest BCUT2D eigenvalue weighted by Gasteiger charge is -2.12. The third-order valence-electron chi connectivity index (χ3n) is 3.81. The maximum Gasteiger partial charge on any atom is 0.191 e. The largest absolute Gasteiger partial charge is 0.469 e. The lowest BCUT2D eigenvalue weighted by Crippen LogP contribution is -2.39. The summed E-state index contributed by atoms with van der Waals surface area (Å²) in [5.74, 6) is 1.79.